The minimum atomic E-state index is -3.20. The number of carbonyl (C=O) groups excluding carboxylic acids is 4. The summed E-state index contributed by atoms with van der Waals surface area (Å²) < 4.78 is 78.5. The van der Waals surface area contributed by atoms with Crippen molar-refractivity contribution in [3.05, 3.63) is 125 Å². The van der Waals surface area contributed by atoms with Gasteiger partial charge in [0.1, 0.15) is 24.1 Å². The number of benzene rings is 4. The number of hydrogen-bond acceptors (Lipinski definition) is 9. The van der Waals surface area contributed by atoms with Crippen LogP contribution in [0.4, 0.5) is 5.69 Å². The fraction of sp³-hybridized carbons (Fsp3) is 0.362. The molecule has 8 rings (SSSR count). The maximum absolute atomic E-state index is 13.6. The molecule has 3 fully saturated rings. The van der Waals surface area contributed by atoms with Gasteiger partial charge in [-0.1, -0.05) is 61.5 Å². The first-order chi connectivity index (χ1) is 31.3. The second kappa shape index (κ2) is 17.4. The van der Waals surface area contributed by atoms with Crippen LogP contribution in [0.25, 0.3) is 11.1 Å². The number of allylic oxidation sites excluding steroid dienone is 1. The van der Waals surface area contributed by atoms with Crippen molar-refractivity contribution in [1.29, 1.82) is 0 Å². The Hall–Kier alpha value is -5.78. The molecular weight excluding hydrogens is 731 g/mol. The number of carbonyl (C=O) groups is 4. The number of aromatic hydroxyl groups is 1. The van der Waals surface area contributed by atoms with Crippen LogP contribution in [0.15, 0.2) is 97.1 Å². The molecule has 0 aromatic heterocycles. The second-order valence-corrected chi connectivity index (χ2v) is 14.8. The molecule has 2 N–H and O–H groups in total. The summed E-state index contributed by atoms with van der Waals surface area (Å²) in [6.45, 7) is -8.61. The topological polar surface area (TPSA) is 123 Å². The molecule has 11 nitrogen and oxygen atoms in total. The Balaban J connectivity index is 0.904. The highest BCUT2D eigenvalue weighted by Crippen LogP contribution is 2.36. The van der Waals surface area contributed by atoms with Crippen LogP contribution >= 0.6 is 0 Å². The quantitative estimate of drug-likeness (QED) is 0.130. The third-order valence-electron chi connectivity index (χ3n) is 11.2. The molecule has 300 valence electrons. The molecule has 4 aromatic rings. The van der Waals surface area contributed by atoms with Gasteiger partial charge in [0.25, 0.3) is 11.8 Å². The standard InChI is InChI=1S/C47H51N5O6/c1-2-39(33-6-4-3-5-7-33)44(34-8-13-37(53)14-9-34)35-10-15-38(16-11-35)58-29-28-49-22-20-32(21-23-49)31-50-24-26-51(27-25-50)36-12-17-40-41(30-36)47(57)52(46(40)56)42-18-19-43(54)48-45(42)55/h3-17,30,32,42,53H,2,18-29,31H2,1H3,(H,48,54,55)/i24D2,25D2,26D2,27D2. The van der Waals surface area contributed by atoms with Crippen LogP contribution in [-0.4, -0.2) is 108 Å². The summed E-state index contributed by atoms with van der Waals surface area (Å²) in [4.78, 5) is 55.1. The molecule has 0 radical (unpaired) electrons. The Labute approximate surface area is 351 Å². The van der Waals surface area contributed by atoms with E-state index in [1.54, 1.807) is 12.1 Å². The number of nitrogens with one attached hydrogen (secondary N) is 1. The lowest BCUT2D eigenvalue weighted by Crippen LogP contribution is -2.54. The first kappa shape index (κ1) is 30.3. The zero-order valence-electron chi connectivity index (χ0n) is 40.2. The van der Waals surface area contributed by atoms with Crippen molar-refractivity contribution in [2.75, 3.05) is 63.7 Å². The average Bonchev–Trinajstić information content (AvgIpc) is 3.53. The minimum absolute atomic E-state index is 0.0979. The number of nitrogens with zero attached hydrogens (tertiary/aromatic N) is 4. The maximum atomic E-state index is 13.6. The zero-order chi connectivity index (χ0) is 47.3. The van der Waals surface area contributed by atoms with Crippen LogP contribution in [0.1, 0.15) is 87.4 Å². The number of piperidine rings is 2. The van der Waals surface area contributed by atoms with E-state index in [0.717, 1.165) is 46.9 Å². The molecular formula is C47H51N5O6. The van der Waals surface area contributed by atoms with Gasteiger partial charge in [-0.05, 0) is 115 Å². The molecule has 0 spiro atoms. The summed E-state index contributed by atoms with van der Waals surface area (Å²) in [5.74, 6) is -2.54. The predicted molar refractivity (Wildman–Crippen MR) is 224 cm³/mol. The molecule has 4 aromatic carbocycles. The summed E-state index contributed by atoms with van der Waals surface area (Å²) >= 11 is 0. The van der Waals surface area contributed by atoms with E-state index in [4.69, 9.17) is 15.7 Å². The lowest BCUT2D eigenvalue weighted by atomic mass is 9.88. The highest BCUT2D eigenvalue weighted by Gasteiger charge is 2.45. The van der Waals surface area contributed by atoms with Crippen LogP contribution in [0.5, 0.6) is 11.5 Å². The average molecular weight is 790 g/mol. The summed E-state index contributed by atoms with van der Waals surface area (Å²) in [6, 6.07) is 27.3. The van der Waals surface area contributed by atoms with Crippen LogP contribution < -0.4 is 15.0 Å². The molecule has 0 saturated carbocycles. The zero-order valence-corrected chi connectivity index (χ0v) is 32.2. The number of imide groups is 2. The first-order valence-corrected chi connectivity index (χ1v) is 19.7. The van der Waals surface area contributed by atoms with Gasteiger partial charge in [0.05, 0.1) is 16.6 Å². The predicted octanol–water partition coefficient (Wildman–Crippen LogP) is 6.08. The Morgan fingerprint density at radius 3 is 2.12 bits per heavy atom. The van der Waals surface area contributed by atoms with Gasteiger partial charge in [-0.3, -0.25) is 39.2 Å². The molecule has 4 aliphatic heterocycles. The number of piperazine rings is 1. The molecule has 0 aliphatic carbocycles. The van der Waals surface area contributed by atoms with E-state index in [2.05, 4.69) is 29.3 Å². The first-order valence-electron chi connectivity index (χ1n) is 23.7. The normalized spacial score (nSPS) is 25.4. The monoisotopic (exact) mass is 789 g/mol. The van der Waals surface area contributed by atoms with Gasteiger partial charge in [0.15, 0.2) is 0 Å². The van der Waals surface area contributed by atoms with Gasteiger partial charge < -0.3 is 14.7 Å². The van der Waals surface area contributed by atoms with Crippen LogP contribution in [0.3, 0.4) is 0 Å². The third-order valence-corrected chi connectivity index (χ3v) is 11.2. The largest absolute Gasteiger partial charge is 0.508 e. The van der Waals surface area contributed by atoms with Crippen molar-refractivity contribution in [1.82, 2.24) is 20.0 Å². The fourth-order valence-corrected chi connectivity index (χ4v) is 8.06. The van der Waals surface area contributed by atoms with Gasteiger partial charge in [-0.2, -0.15) is 0 Å². The molecule has 11 heteroatoms. The molecule has 1 unspecified atom stereocenters. The Morgan fingerprint density at radius 2 is 1.45 bits per heavy atom. The van der Waals surface area contributed by atoms with E-state index in [1.807, 2.05) is 54.6 Å². The molecule has 0 bridgehead atoms. The number of phenols is 1. The molecule has 3 saturated heterocycles. The van der Waals surface area contributed by atoms with Gasteiger partial charge in [-0.25, -0.2) is 0 Å². The second-order valence-electron chi connectivity index (χ2n) is 14.8. The van der Waals surface area contributed by atoms with E-state index in [0.29, 0.717) is 59.5 Å². The Morgan fingerprint density at radius 1 is 0.776 bits per heavy atom. The third kappa shape index (κ3) is 8.42. The van der Waals surface area contributed by atoms with E-state index < -0.39 is 55.7 Å². The van der Waals surface area contributed by atoms with E-state index in [1.165, 1.54) is 5.57 Å². The summed E-state index contributed by atoms with van der Waals surface area (Å²) in [7, 11) is 0. The van der Waals surface area contributed by atoms with Gasteiger partial charge >= 0.3 is 0 Å². The number of anilines is 1. The van der Waals surface area contributed by atoms with Gasteiger partial charge in [0.2, 0.25) is 11.8 Å². The maximum Gasteiger partial charge on any atom is 0.262 e. The van der Waals surface area contributed by atoms with E-state index >= 15 is 0 Å². The van der Waals surface area contributed by atoms with Crippen molar-refractivity contribution in [3.8, 4) is 11.5 Å². The highest BCUT2D eigenvalue weighted by atomic mass is 16.5. The minimum Gasteiger partial charge on any atom is -0.508 e. The lowest BCUT2D eigenvalue weighted by Gasteiger charge is -2.39. The molecule has 1 atom stereocenters. The van der Waals surface area contributed by atoms with Crippen LogP contribution in [0.2, 0.25) is 0 Å². The van der Waals surface area contributed by atoms with Crippen LogP contribution in [0, 0.1) is 5.92 Å². The number of hydrogen-bond donors (Lipinski definition) is 2. The number of amides is 4. The molecule has 4 amide bonds. The van der Waals surface area contributed by atoms with Crippen molar-refractivity contribution in [2.24, 2.45) is 5.92 Å². The number of fused-ring (bicyclic) bond motifs is 1. The number of likely N-dealkylation sites (tertiary alicyclic amines) is 1. The number of phenolic OH excluding ortho intramolecular Hbond substituents is 1. The van der Waals surface area contributed by atoms with Crippen molar-refractivity contribution < 1.29 is 40.0 Å². The van der Waals surface area contributed by atoms with Crippen LogP contribution in [-0.2, 0) is 9.59 Å². The molecule has 4 heterocycles. The summed E-state index contributed by atoms with van der Waals surface area (Å²) in [5, 5.41) is 12.1. The lowest BCUT2D eigenvalue weighted by molar-refractivity contribution is -0.136. The number of ether oxygens (including phenoxy) is 1. The Bertz CT molecular complexity index is 2520. The highest BCUT2D eigenvalue weighted by molar-refractivity contribution is 6.23. The summed E-state index contributed by atoms with van der Waals surface area (Å²) in [6.07, 6.45) is 1.63. The molecule has 4 aliphatic rings. The Kier molecular flexibility index (Phi) is 9.08. The fourth-order valence-electron chi connectivity index (χ4n) is 8.06. The summed E-state index contributed by atoms with van der Waals surface area (Å²) in [5.41, 5.74) is 4.52. The smallest absolute Gasteiger partial charge is 0.262 e. The van der Waals surface area contributed by atoms with Gasteiger partial charge in [-0.15, -0.1) is 0 Å². The van der Waals surface area contributed by atoms with Crippen molar-refractivity contribution in [2.45, 2.75) is 45.1 Å². The number of rotatable bonds is 12. The SMILES string of the molecule is [2H]C1([2H])N(CC2CCN(CCOc3ccc(C(=C(CC)c4ccccc4)c4ccc(O)cc4)cc3)CC2)C([2H])([2H])C([2H])([2H])N(c2ccc3c(c2)C(=O)N(C2CCC(=O)NC2=O)C3=O)C1([2H])[2H]. The van der Waals surface area contributed by atoms with E-state index in [9.17, 15) is 24.3 Å². The van der Waals surface area contributed by atoms with Crippen molar-refractivity contribution in [3.63, 3.8) is 0 Å². The van der Waals surface area contributed by atoms with Gasteiger partial charge in [0, 0.05) is 56.7 Å². The molecule has 58 heavy (non-hydrogen) atoms. The van der Waals surface area contributed by atoms with Crippen molar-refractivity contribution >= 4 is 40.5 Å². The van der Waals surface area contributed by atoms with E-state index in [-0.39, 0.29) is 47.9 Å².